The zero-order valence-corrected chi connectivity index (χ0v) is 13.6. The van der Waals surface area contributed by atoms with Crippen molar-refractivity contribution in [3.63, 3.8) is 0 Å². The highest BCUT2D eigenvalue weighted by molar-refractivity contribution is 5.94. The van der Waals surface area contributed by atoms with E-state index in [0.717, 1.165) is 30.7 Å². The van der Waals surface area contributed by atoms with Gasteiger partial charge in [-0.3, -0.25) is 4.90 Å². The Bertz CT molecular complexity index is 668. The average molecular weight is 315 g/mol. The summed E-state index contributed by atoms with van der Waals surface area (Å²) >= 11 is 0. The molecule has 4 aliphatic rings. The average Bonchev–Trinajstić information content (AvgIpc) is 3.01. The summed E-state index contributed by atoms with van der Waals surface area (Å²) in [5.41, 5.74) is 2.58. The van der Waals surface area contributed by atoms with Crippen molar-refractivity contribution in [3.05, 3.63) is 22.8 Å². The Morgan fingerprint density at radius 3 is 3.17 bits per heavy atom. The SMILES string of the molecule is CCOC(C#CC1=C2CN3CCCCC3[C@]23OC(=O)C=C13)OC. The summed E-state index contributed by atoms with van der Waals surface area (Å²) in [7, 11) is 1.58. The minimum atomic E-state index is -0.536. The quantitative estimate of drug-likeness (QED) is 0.448. The lowest BCUT2D eigenvalue weighted by molar-refractivity contribution is -0.146. The van der Waals surface area contributed by atoms with E-state index in [0.29, 0.717) is 12.6 Å². The molecule has 0 N–H and O–H groups in total. The van der Waals surface area contributed by atoms with E-state index < -0.39 is 11.9 Å². The molecule has 5 heteroatoms. The largest absolute Gasteiger partial charge is 0.445 e. The molecule has 0 aromatic carbocycles. The van der Waals surface area contributed by atoms with Crippen molar-refractivity contribution >= 4 is 5.97 Å². The number of rotatable bonds is 3. The number of nitrogens with zero attached hydrogens (tertiary/aromatic N) is 1. The first kappa shape index (κ1) is 14.9. The van der Waals surface area contributed by atoms with Crippen molar-refractivity contribution in [1.82, 2.24) is 4.90 Å². The first-order valence-corrected chi connectivity index (χ1v) is 8.29. The van der Waals surface area contributed by atoms with Gasteiger partial charge in [-0.25, -0.2) is 4.79 Å². The number of ether oxygens (including phenoxy) is 3. The molecule has 1 spiro atoms. The van der Waals surface area contributed by atoms with Gasteiger partial charge in [-0.15, -0.1) is 0 Å². The number of fused-ring (bicyclic) bond motifs is 1. The van der Waals surface area contributed by atoms with Crippen LogP contribution in [0.4, 0.5) is 0 Å². The van der Waals surface area contributed by atoms with Crippen LogP contribution in [0, 0.1) is 11.8 Å². The molecule has 4 rings (SSSR count). The van der Waals surface area contributed by atoms with Crippen molar-refractivity contribution in [2.45, 2.75) is 44.1 Å². The summed E-state index contributed by atoms with van der Waals surface area (Å²) in [5, 5.41) is 0. The second-order valence-electron chi connectivity index (χ2n) is 6.34. The fourth-order valence-electron chi connectivity index (χ4n) is 4.32. The highest BCUT2D eigenvalue weighted by atomic mass is 16.7. The van der Waals surface area contributed by atoms with Gasteiger partial charge in [0, 0.05) is 43.1 Å². The third-order valence-corrected chi connectivity index (χ3v) is 5.23. The van der Waals surface area contributed by atoms with Crippen molar-refractivity contribution in [3.8, 4) is 11.8 Å². The number of carbonyl (C=O) groups is 1. The highest BCUT2D eigenvalue weighted by Crippen LogP contribution is 2.58. The van der Waals surface area contributed by atoms with Gasteiger partial charge in [-0.1, -0.05) is 12.3 Å². The summed E-state index contributed by atoms with van der Waals surface area (Å²) in [4.78, 5) is 14.4. The van der Waals surface area contributed by atoms with Crippen LogP contribution in [-0.4, -0.2) is 55.6 Å². The molecule has 0 aromatic rings. The monoisotopic (exact) mass is 315 g/mol. The van der Waals surface area contributed by atoms with Gasteiger partial charge in [0.25, 0.3) is 0 Å². The number of esters is 1. The molecule has 0 bridgehead atoms. The Hall–Kier alpha value is -1.61. The van der Waals surface area contributed by atoms with Gasteiger partial charge < -0.3 is 14.2 Å². The molecule has 122 valence electrons. The Balaban J connectivity index is 1.69. The molecule has 0 aromatic heterocycles. The lowest BCUT2D eigenvalue weighted by atomic mass is 9.67. The normalized spacial score (nSPS) is 32.9. The number of carbonyl (C=O) groups excluding carboxylic acids is 1. The molecule has 0 amide bonds. The predicted molar refractivity (Wildman–Crippen MR) is 83.3 cm³/mol. The second kappa shape index (κ2) is 5.48. The van der Waals surface area contributed by atoms with Gasteiger partial charge >= 0.3 is 5.97 Å². The van der Waals surface area contributed by atoms with Gasteiger partial charge in [-0.2, -0.15) is 0 Å². The molecule has 0 radical (unpaired) electrons. The van der Waals surface area contributed by atoms with E-state index in [-0.39, 0.29) is 5.97 Å². The van der Waals surface area contributed by atoms with Crippen LogP contribution in [-0.2, 0) is 19.0 Å². The van der Waals surface area contributed by atoms with Crippen molar-refractivity contribution in [1.29, 1.82) is 0 Å². The van der Waals surface area contributed by atoms with Crippen LogP contribution in [0.3, 0.4) is 0 Å². The standard InChI is InChI=1S/C18H21NO4/c1-3-22-17(21-2)8-7-12-13-10-16(20)23-18(13)14(12)11-19-9-5-4-6-15(18)19/h10,15,17H,3-6,9,11H2,1-2H3/t15?,17?,18-/m1/s1. The van der Waals surface area contributed by atoms with Crippen LogP contribution in [0.2, 0.25) is 0 Å². The topological polar surface area (TPSA) is 48.0 Å². The van der Waals surface area contributed by atoms with Crippen LogP contribution in [0.1, 0.15) is 26.2 Å². The zero-order chi connectivity index (χ0) is 16.0. The van der Waals surface area contributed by atoms with E-state index in [1.165, 1.54) is 18.4 Å². The molecule has 2 saturated heterocycles. The predicted octanol–water partition coefficient (Wildman–Crippen LogP) is 1.40. The van der Waals surface area contributed by atoms with Crippen LogP contribution >= 0.6 is 0 Å². The van der Waals surface area contributed by atoms with Crippen molar-refractivity contribution in [2.24, 2.45) is 0 Å². The molecule has 5 nitrogen and oxygen atoms in total. The summed E-state index contributed by atoms with van der Waals surface area (Å²) in [6, 6.07) is 0.291. The smallest absolute Gasteiger partial charge is 0.332 e. The van der Waals surface area contributed by atoms with Crippen LogP contribution in [0.5, 0.6) is 0 Å². The minimum Gasteiger partial charge on any atom is -0.445 e. The molecule has 23 heavy (non-hydrogen) atoms. The van der Waals surface area contributed by atoms with Crippen LogP contribution in [0.25, 0.3) is 0 Å². The molecule has 3 atom stereocenters. The maximum absolute atomic E-state index is 11.9. The Labute approximate surface area is 136 Å². The van der Waals surface area contributed by atoms with Gasteiger partial charge in [-0.05, 0) is 32.2 Å². The fraction of sp³-hybridized carbons (Fsp3) is 0.611. The lowest BCUT2D eigenvalue weighted by Crippen LogP contribution is -2.52. The number of methoxy groups -OCH3 is 1. The molecule has 2 fully saturated rings. The molecule has 3 aliphatic heterocycles. The van der Waals surface area contributed by atoms with E-state index in [1.54, 1.807) is 13.2 Å². The molecule has 3 heterocycles. The highest BCUT2D eigenvalue weighted by Gasteiger charge is 2.66. The van der Waals surface area contributed by atoms with E-state index >= 15 is 0 Å². The van der Waals surface area contributed by atoms with Gasteiger partial charge in [0.2, 0.25) is 6.29 Å². The molecule has 0 saturated carbocycles. The summed E-state index contributed by atoms with van der Waals surface area (Å²) in [5.74, 6) is 5.95. The van der Waals surface area contributed by atoms with Gasteiger partial charge in [0.05, 0.1) is 6.04 Å². The van der Waals surface area contributed by atoms with E-state index in [9.17, 15) is 4.79 Å². The Morgan fingerprint density at radius 1 is 1.52 bits per heavy atom. The van der Waals surface area contributed by atoms with Gasteiger partial charge in [0.1, 0.15) is 0 Å². The third kappa shape index (κ3) is 2.02. The first-order valence-electron chi connectivity index (χ1n) is 8.29. The Morgan fingerprint density at radius 2 is 2.39 bits per heavy atom. The third-order valence-electron chi connectivity index (χ3n) is 5.23. The van der Waals surface area contributed by atoms with Crippen LogP contribution < -0.4 is 0 Å². The van der Waals surface area contributed by atoms with E-state index in [4.69, 9.17) is 14.2 Å². The summed E-state index contributed by atoms with van der Waals surface area (Å²) < 4.78 is 16.4. The molecular formula is C18H21NO4. The molecule has 2 unspecified atom stereocenters. The maximum atomic E-state index is 11.9. The van der Waals surface area contributed by atoms with Gasteiger partial charge in [0.15, 0.2) is 5.60 Å². The Kier molecular flexibility index (Phi) is 3.56. The van der Waals surface area contributed by atoms with Crippen LogP contribution in [0.15, 0.2) is 22.8 Å². The zero-order valence-electron chi connectivity index (χ0n) is 13.6. The molecular weight excluding hydrogens is 294 g/mol. The summed E-state index contributed by atoms with van der Waals surface area (Å²) in [6.45, 7) is 4.38. The van der Waals surface area contributed by atoms with Crippen molar-refractivity contribution in [2.75, 3.05) is 26.8 Å². The first-order chi connectivity index (χ1) is 11.2. The number of hydrogen-bond acceptors (Lipinski definition) is 5. The summed E-state index contributed by atoms with van der Waals surface area (Å²) in [6.07, 6.45) is 4.57. The maximum Gasteiger partial charge on any atom is 0.332 e. The van der Waals surface area contributed by atoms with E-state index in [1.807, 2.05) is 6.92 Å². The number of hydrogen-bond donors (Lipinski definition) is 0. The fourth-order valence-corrected chi connectivity index (χ4v) is 4.32. The minimum absolute atomic E-state index is 0.241. The molecule has 1 aliphatic carbocycles. The lowest BCUT2D eigenvalue weighted by Gasteiger charge is -2.43. The number of piperidine rings is 1. The second-order valence-corrected chi connectivity index (χ2v) is 6.34. The van der Waals surface area contributed by atoms with Crippen molar-refractivity contribution < 1.29 is 19.0 Å². The van der Waals surface area contributed by atoms with E-state index in [2.05, 4.69) is 16.7 Å².